The molecule has 10 heteroatoms. The number of oxime groups is 1. The van der Waals surface area contributed by atoms with Crippen LogP contribution in [-0.4, -0.2) is 39.6 Å². The third-order valence-corrected chi connectivity index (χ3v) is 4.01. The zero-order valence-corrected chi connectivity index (χ0v) is 16.9. The Labute approximate surface area is 175 Å². The number of nitrogens with zero attached hydrogens (tertiary/aromatic N) is 1. The number of ether oxygens (including phenoxy) is 3. The number of rotatable bonds is 9. The fourth-order valence-corrected chi connectivity index (χ4v) is 2.68. The first-order valence-electron chi connectivity index (χ1n) is 8.75. The Bertz CT molecular complexity index is 984. The summed E-state index contributed by atoms with van der Waals surface area (Å²) < 4.78 is 70.2. The molecule has 0 atom stereocenters. The van der Waals surface area contributed by atoms with Crippen molar-refractivity contribution in [3.05, 3.63) is 76.6 Å². The van der Waals surface area contributed by atoms with E-state index in [0.29, 0.717) is 12.1 Å². The van der Waals surface area contributed by atoms with Crippen molar-refractivity contribution in [3.63, 3.8) is 0 Å². The molecule has 0 aliphatic rings. The number of hydrogen-bond donors (Lipinski definition) is 0. The summed E-state index contributed by atoms with van der Waals surface area (Å²) in [7, 11) is 3.70. The Kier molecular flexibility index (Phi) is 8.56. The molecule has 2 aromatic rings. The molecule has 0 aromatic heterocycles. The first-order chi connectivity index (χ1) is 14.8. The largest absolute Gasteiger partial charge is 0.503 e. The van der Waals surface area contributed by atoms with Crippen LogP contribution in [0, 0.1) is 23.3 Å². The third kappa shape index (κ3) is 5.82. The molecule has 0 fully saturated rings. The SMILES string of the molecule is CO/C=C(/C(=O)OC)c1cccc(F)c1CO/N=C(\COC)c1c(F)cc(F)cc1F. The van der Waals surface area contributed by atoms with Gasteiger partial charge in [-0.15, -0.1) is 0 Å². The summed E-state index contributed by atoms with van der Waals surface area (Å²) in [5, 5.41) is 3.64. The van der Waals surface area contributed by atoms with Crippen LogP contribution < -0.4 is 0 Å². The summed E-state index contributed by atoms with van der Waals surface area (Å²) in [6.45, 7) is -0.891. The van der Waals surface area contributed by atoms with E-state index in [-0.39, 0.29) is 29.0 Å². The lowest BCUT2D eigenvalue weighted by Gasteiger charge is -2.13. The van der Waals surface area contributed by atoms with Gasteiger partial charge in [0.25, 0.3) is 0 Å². The number of benzene rings is 2. The van der Waals surface area contributed by atoms with Gasteiger partial charge < -0.3 is 19.0 Å². The second-order valence-electron chi connectivity index (χ2n) is 6.01. The summed E-state index contributed by atoms with van der Waals surface area (Å²) in [5.74, 6) is -5.04. The Morgan fingerprint density at radius 2 is 1.71 bits per heavy atom. The number of halogens is 4. The van der Waals surface area contributed by atoms with Crippen molar-refractivity contribution >= 4 is 17.3 Å². The van der Waals surface area contributed by atoms with Gasteiger partial charge in [-0.2, -0.15) is 0 Å². The minimum absolute atomic E-state index is 0.0835. The van der Waals surface area contributed by atoms with Gasteiger partial charge in [0.1, 0.15) is 41.2 Å². The third-order valence-electron chi connectivity index (χ3n) is 4.01. The second kappa shape index (κ2) is 11.1. The Morgan fingerprint density at radius 1 is 1.03 bits per heavy atom. The smallest absolute Gasteiger partial charge is 0.341 e. The van der Waals surface area contributed by atoms with Gasteiger partial charge in [0.15, 0.2) is 0 Å². The van der Waals surface area contributed by atoms with Crippen LogP contribution in [0.3, 0.4) is 0 Å². The first kappa shape index (κ1) is 23.9. The van der Waals surface area contributed by atoms with Crippen molar-refractivity contribution in [2.45, 2.75) is 6.61 Å². The lowest BCUT2D eigenvalue weighted by Crippen LogP contribution is -2.15. The molecule has 0 aliphatic carbocycles. The molecule has 0 radical (unpaired) electrons. The fraction of sp³-hybridized carbons (Fsp3) is 0.238. The van der Waals surface area contributed by atoms with Crippen molar-refractivity contribution < 1.29 is 41.4 Å². The molecular weight excluding hydrogens is 422 g/mol. The number of methoxy groups -OCH3 is 3. The van der Waals surface area contributed by atoms with E-state index >= 15 is 0 Å². The maximum Gasteiger partial charge on any atom is 0.341 e. The molecule has 166 valence electrons. The van der Waals surface area contributed by atoms with Crippen LogP contribution in [0.4, 0.5) is 17.6 Å². The normalized spacial score (nSPS) is 12.0. The molecule has 0 bridgehead atoms. The van der Waals surface area contributed by atoms with Crippen molar-refractivity contribution in [3.8, 4) is 0 Å². The van der Waals surface area contributed by atoms with Gasteiger partial charge in [-0.25, -0.2) is 22.4 Å². The second-order valence-corrected chi connectivity index (χ2v) is 6.01. The zero-order chi connectivity index (χ0) is 23.0. The van der Waals surface area contributed by atoms with Crippen LogP contribution in [-0.2, 0) is 30.4 Å². The first-order valence-corrected chi connectivity index (χ1v) is 8.75. The molecule has 0 saturated heterocycles. The molecule has 0 N–H and O–H groups in total. The van der Waals surface area contributed by atoms with E-state index in [4.69, 9.17) is 14.3 Å². The molecule has 0 unspecified atom stereocenters. The molecule has 0 saturated carbocycles. The lowest BCUT2D eigenvalue weighted by atomic mass is 10.0. The number of carbonyl (C=O) groups excluding carboxylic acids is 1. The highest BCUT2D eigenvalue weighted by atomic mass is 19.1. The standard InChI is InChI=1S/C21H19F4NO5/c1-28-9-15(21(27)30-3)13-5-4-6-16(23)14(13)10-31-26-19(11-29-2)20-17(24)7-12(22)8-18(20)25/h4-9H,10-11H2,1-3H3/b15-9+,26-19+. The number of carbonyl (C=O) groups is 1. The highest BCUT2D eigenvalue weighted by Gasteiger charge is 2.21. The van der Waals surface area contributed by atoms with Crippen molar-refractivity contribution in [2.24, 2.45) is 5.16 Å². The number of hydrogen-bond acceptors (Lipinski definition) is 6. The molecule has 31 heavy (non-hydrogen) atoms. The molecule has 0 heterocycles. The maximum atomic E-state index is 14.5. The zero-order valence-electron chi connectivity index (χ0n) is 16.9. The average molecular weight is 441 g/mol. The quantitative estimate of drug-likeness (QED) is 0.147. The summed E-state index contributed by atoms with van der Waals surface area (Å²) >= 11 is 0. The van der Waals surface area contributed by atoms with E-state index in [1.165, 1.54) is 26.4 Å². The fourth-order valence-electron chi connectivity index (χ4n) is 2.68. The molecule has 2 aromatic carbocycles. The maximum absolute atomic E-state index is 14.5. The van der Waals surface area contributed by atoms with Crippen LogP contribution in [0.15, 0.2) is 41.7 Å². The van der Waals surface area contributed by atoms with E-state index in [2.05, 4.69) is 9.89 Å². The molecule has 0 aliphatic heterocycles. The molecular formula is C21H19F4NO5. The summed E-state index contributed by atoms with van der Waals surface area (Å²) in [4.78, 5) is 17.1. The van der Waals surface area contributed by atoms with Crippen molar-refractivity contribution in [2.75, 3.05) is 27.9 Å². The van der Waals surface area contributed by atoms with Crippen LogP contribution >= 0.6 is 0 Å². The Hall–Kier alpha value is -3.40. The lowest BCUT2D eigenvalue weighted by molar-refractivity contribution is -0.133. The summed E-state index contributed by atoms with van der Waals surface area (Å²) in [6, 6.07) is 4.89. The Morgan fingerprint density at radius 3 is 2.29 bits per heavy atom. The minimum Gasteiger partial charge on any atom is -0.503 e. The van der Waals surface area contributed by atoms with E-state index in [9.17, 15) is 22.4 Å². The molecule has 0 amide bonds. The minimum atomic E-state index is -1.21. The highest BCUT2D eigenvalue weighted by Crippen LogP contribution is 2.24. The predicted octanol–water partition coefficient (Wildman–Crippen LogP) is 3.97. The van der Waals surface area contributed by atoms with Crippen LogP contribution in [0.5, 0.6) is 0 Å². The molecule has 6 nitrogen and oxygen atoms in total. The van der Waals surface area contributed by atoms with E-state index < -0.39 is 41.4 Å². The summed E-state index contributed by atoms with van der Waals surface area (Å²) in [6.07, 6.45) is 1.08. The predicted molar refractivity (Wildman–Crippen MR) is 103 cm³/mol. The van der Waals surface area contributed by atoms with Gasteiger partial charge in [0, 0.05) is 30.4 Å². The topological polar surface area (TPSA) is 66.4 Å². The average Bonchev–Trinajstić information content (AvgIpc) is 2.72. The van der Waals surface area contributed by atoms with Gasteiger partial charge in [-0.3, -0.25) is 0 Å². The number of esters is 1. The van der Waals surface area contributed by atoms with Crippen LogP contribution in [0.2, 0.25) is 0 Å². The highest BCUT2D eigenvalue weighted by molar-refractivity contribution is 6.16. The van der Waals surface area contributed by atoms with Gasteiger partial charge >= 0.3 is 5.97 Å². The van der Waals surface area contributed by atoms with Crippen molar-refractivity contribution in [1.82, 2.24) is 0 Å². The van der Waals surface area contributed by atoms with Gasteiger partial charge in [-0.05, 0) is 6.07 Å². The Balaban J connectivity index is 2.40. The molecule has 2 rings (SSSR count). The molecule has 0 spiro atoms. The monoisotopic (exact) mass is 441 g/mol. The van der Waals surface area contributed by atoms with Crippen molar-refractivity contribution in [1.29, 1.82) is 0 Å². The van der Waals surface area contributed by atoms with E-state index in [0.717, 1.165) is 19.4 Å². The van der Waals surface area contributed by atoms with Gasteiger partial charge in [-0.1, -0.05) is 17.3 Å². The van der Waals surface area contributed by atoms with Crippen LogP contribution in [0.1, 0.15) is 16.7 Å². The summed E-state index contributed by atoms with van der Waals surface area (Å²) in [5.41, 5.74) is -1.03. The van der Waals surface area contributed by atoms with E-state index in [1.807, 2.05) is 0 Å². The van der Waals surface area contributed by atoms with Gasteiger partial charge in [0.05, 0.1) is 32.7 Å². The van der Waals surface area contributed by atoms with E-state index in [1.54, 1.807) is 0 Å². The van der Waals surface area contributed by atoms with Gasteiger partial charge in [0.2, 0.25) is 0 Å². The van der Waals surface area contributed by atoms with Crippen LogP contribution in [0.25, 0.3) is 5.57 Å².